The van der Waals surface area contributed by atoms with E-state index >= 15 is 0 Å². The number of hydrogen-bond donors (Lipinski definition) is 1. The van der Waals surface area contributed by atoms with Crippen LogP contribution in [-0.2, 0) is 4.74 Å². The zero-order valence-electron chi connectivity index (χ0n) is 14.0. The topological polar surface area (TPSA) is 84.7 Å². The van der Waals surface area contributed by atoms with Crippen molar-refractivity contribution in [3.05, 3.63) is 39.4 Å². The Bertz CT molecular complexity index is 610. The minimum Gasteiger partial charge on any atom is -0.444 e. The molecule has 1 aliphatic rings. The van der Waals surface area contributed by atoms with Gasteiger partial charge >= 0.3 is 6.09 Å². The van der Waals surface area contributed by atoms with Crippen molar-refractivity contribution in [2.24, 2.45) is 0 Å². The number of piperazine rings is 1. The summed E-state index contributed by atoms with van der Waals surface area (Å²) in [7, 11) is 0. The second-order valence-electron chi connectivity index (χ2n) is 6.73. The van der Waals surface area contributed by atoms with Gasteiger partial charge in [-0.25, -0.2) is 4.79 Å². The third-order valence-corrected chi connectivity index (χ3v) is 3.68. The van der Waals surface area contributed by atoms with Crippen LogP contribution >= 0.6 is 0 Å². The van der Waals surface area contributed by atoms with Crippen molar-refractivity contribution in [2.45, 2.75) is 39.3 Å². The summed E-state index contributed by atoms with van der Waals surface area (Å²) in [6.07, 6.45) is -0.355. The number of rotatable bonds is 2. The number of carbonyl (C=O) groups excluding carboxylic acids is 1. The first-order valence-electron chi connectivity index (χ1n) is 7.63. The van der Waals surface area contributed by atoms with Crippen LogP contribution in [-0.4, -0.2) is 41.2 Å². The van der Waals surface area contributed by atoms with Gasteiger partial charge < -0.3 is 15.0 Å². The molecule has 1 fully saturated rings. The minimum absolute atomic E-state index is 0.0572. The van der Waals surface area contributed by atoms with Crippen molar-refractivity contribution in [1.82, 2.24) is 10.2 Å². The zero-order valence-corrected chi connectivity index (χ0v) is 14.0. The summed E-state index contributed by atoms with van der Waals surface area (Å²) in [5, 5.41) is 14.3. The fraction of sp³-hybridized carbons (Fsp3) is 0.562. The number of aryl methyl sites for hydroxylation is 1. The first-order chi connectivity index (χ1) is 10.7. The quantitative estimate of drug-likeness (QED) is 0.669. The Labute approximate surface area is 135 Å². The molecule has 1 N–H and O–H groups in total. The van der Waals surface area contributed by atoms with E-state index in [1.54, 1.807) is 17.0 Å². The van der Waals surface area contributed by atoms with Gasteiger partial charge in [0.2, 0.25) is 0 Å². The lowest BCUT2D eigenvalue weighted by Gasteiger charge is -2.35. The van der Waals surface area contributed by atoms with Gasteiger partial charge in [0, 0.05) is 31.8 Å². The average Bonchev–Trinajstić information content (AvgIpc) is 2.46. The van der Waals surface area contributed by atoms with Gasteiger partial charge in [0.1, 0.15) is 5.60 Å². The lowest BCUT2D eigenvalue weighted by atomic mass is 9.99. The Kier molecular flexibility index (Phi) is 4.89. The molecule has 1 aromatic carbocycles. The third-order valence-electron chi connectivity index (χ3n) is 3.68. The highest BCUT2D eigenvalue weighted by atomic mass is 16.6. The number of benzene rings is 1. The van der Waals surface area contributed by atoms with Crippen LogP contribution in [0.3, 0.4) is 0 Å². The monoisotopic (exact) mass is 321 g/mol. The molecule has 7 heteroatoms. The highest BCUT2D eigenvalue weighted by Gasteiger charge is 2.29. The van der Waals surface area contributed by atoms with Gasteiger partial charge in [-0.05, 0) is 38.8 Å². The smallest absolute Gasteiger partial charge is 0.410 e. The molecule has 1 amide bonds. The minimum atomic E-state index is -0.543. The van der Waals surface area contributed by atoms with Gasteiger partial charge in [-0.15, -0.1) is 0 Å². The molecule has 0 spiro atoms. The normalized spacial score (nSPS) is 18.6. The predicted octanol–water partition coefficient (Wildman–Crippen LogP) is 2.78. The molecule has 0 aromatic heterocycles. The molecule has 2 rings (SSSR count). The lowest BCUT2D eigenvalue weighted by Crippen LogP contribution is -2.49. The second-order valence-corrected chi connectivity index (χ2v) is 6.73. The van der Waals surface area contributed by atoms with Crippen molar-refractivity contribution in [3.63, 3.8) is 0 Å². The maximum atomic E-state index is 12.2. The van der Waals surface area contributed by atoms with Crippen molar-refractivity contribution in [3.8, 4) is 0 Å². The zero-order chi connectivity index (χ0) is 17.2. The molecule has 1 aromatic rings. The van der Waals surface area contributed by atoms with Crippen LogP contribution in [0.1, 0.15) is 37.9 Å². The summed E-state index contributed by atoms with van der Waals surface area (Å²) >= 11 is 0. The van der Waals surface area contributed by atoms with Crippen LogP contribution in [0.4, 0.5) is 10.5 Å². The number of nitrogens with zero attached hydrogens (tertiary/aromatic N) is 2. The summed E-state index contributed by atoms with van der Waals surface area (Å²) in [5.74, 6) is 0. The van der Waals surface area contributed by atoms with Crippen molar-refractivity contribution >= 4 is 11.8 Å². The molecule has 23 heavy (non-hydrogen) atoms. The van der Waals surface area contributed by atoms with Crippen LogP contribution in [0, 0.1) is 17.0 Å². The fourth-order valence-corrected chi connectivity index (χ4v) is 2.57. The maximum absolute atomic E-state index is 12.2. The van der Waals surface area contributed by atoms with Crippen molar-refractivity contribution < 1.29 is 14.5 Å². The van der Waals surface area contributed by atoms with E-state index < -0.39 is 10.5 Å². The largest absolute Gasteiger partial charge is 0.444 e. The van der Waals surface area contributed by atoms with Crippen molar-refractivity contribution in [1.29, 1.82) is 0 Å². The van der Waals surface area contributed by atoms with Crippen LogP contribution in [0.2, 0.25) is 0 Å². The van der Waals surface area contributed by atoms with E-state index in [0.717, 1.165) is 11.1 Å². The number of ether oxygens (including phenoxy) is 1. The number of amides is 1. The summed E-state index contributed by atoms with van der Waals surface area (Å²) in [6, 6.07) is 4.66. The molecule has 126 valence electrons. The van der Waals surface area contributed by atoms with Crippen LogP contribution in [0.15, 0.2) is 18.2 Å². The van der Waals surface area contributed by atoms with E-state index in [2.05, 4.69) is 5.32 Å². The molecular formula is C16H23N3O4. The number of carbonyl (C=O) groups is 1. The molecule has 1 heterocycles. The summed E-state index contributed by atoms with van der Waals surface area (Å²) in [4.78, 5) is 24.4. The Morgan fingerprint density at radius 1 is 1.43 bits per heavy atom. The number of nitro benzene ring substituents is 1. The number of non-ortho nitro benzene ring substituents is 1. The van der Waals surface area contributed by atoms with Crippen LogP contribution < -0.4 is 5.32 Å². The number of nitro groups is 1. The molecule has 1 unspecified atom stereocenters. The Morgan fingerprint density at radius 2 is 2.13 bits per heavy atom. The molecule has 1 atom stereocenters. The Hall–Kier alpha value is -2.15. The molecule has 0 bridgehead atoms. The first kappa shape index (κ1) is 17.2. The average molecular weight is 321 g/mol. The molecule has 0 saturated carbocycles. The fourth-order valence-electron chi connectivity index (χ4n) is 2.57. The van der Waals surface area contributed by atoms with Gasteiger partial charge in [0.25, 0.3) is 5.69 Å². The molecule has 0 radical (unpaired) electrons. The van der Waals surface area contributed by atoms with Crippen molar-refractivity contribution in [2.75, 3.05) is 19.6 Å². The summed E-state index contributed by atoms with van der Waals surface area (Å²) < 4.78 is 5.40. The molecule has 0 aliphatic carbocycles. The highest BCUT2D eigenvalue weighted by Crippen LogP contribution is 2.26. The van der Waals surface area contributed by atoms with Gasteiger partial charge in [-0.1, -0.05) is 6.07 Å². The van der Waals surface area contributed by atoms with Gasteiger partial charge in [-0.3, -0.25) is 10.1 Å². The molecule has 1 saturated heterocycles. The second kappa shape index (κ2) is 6.54. The van der Waals surface area contributed by atoms with E-state index in [4.69, 9.17) is 4.74 Å². The van der Waals surface area contributed by atoms with Crippen LogP contribution in [0.25, 0.3) is 0 Å². The van der Waals surface area contributed by atoms with Gasteiger partial charge in [0.15, 0.2) is 0 Å². The van der Waals surface area contributed by atoms with E-state index in [1.807, 2.05) is 27.7 Å². The predicted molar refractivity (Wildman–Crippen MR) is 86.4 cm³/mol. The van der Waals surface area contributed by atoms with E-state index in [-0.39, 0.29) is 17.8 Å². The third kappa shape index (κ3) is 4.41. The van der Waals surface area contributed by atoms with E-state index in [9.17, 15) is 14.9 Å². The molecular weight excluding hydrogens is 298 g/mol. The van der Waals surface area contributed by atoms with Crippen LogP contribution in [0.5, 0.6) is 0 Å². The number of nitrogens with one attached hydrogen (secondary N) is 1. The Balaban J connectivity index is 2.17. The standard InChI is InChI=1S/C16H23N3O4/c1-11-5-6-12(19(21)22)9-13(11)14-10-18(8-7-17-14)15(20)23-16(2,3)4/h5-6,9,14,17H,7-8,10H2,1-4H3. The SMILES string of the molecule is Cc1ccc([N+](=O)[O-])cc1C1CN(C(=O)OC(C)(C)C)CCN1. The van der Waals surface area contributed by atoms with E-state index in [1.165, 1.54) is 6.07 Å². The Morgan fingerprint density at radius 3 is 2.74 bits per heavy atom. The lowest BCUT2D eigenvalue weighted by molar-refractivity contribution is -0.385. The highest BCUT2D eigenvalue weighted by molar-refractivity contribution is 5.68. The van der Waals surface area contributed by atoms with Gasteiger partial charge in [-0.2, -0.15) is 0 Å². The van der Waals surface area contributed by atoms with E-state index in [0.29, 0.717) is 19.6 Å². The molecule has 7 nitrogen and oxygen atoms in total. The number of hydrogen-bond acceptors (Lipinski definition) is 5. The summed E-state index contributed by atoms with van der Waals surface area (Å²) in [5.41, 5.74) is 1.31. The van der Waals surface area contributed by atoms with Gasteiger partial charge in [0.05, 0.1) is 11.0 Å². The maximum Gasteiger partial charge on any atom is 0.410 e. The summed E-state index contributed by atoms with van der Waals surface area (Å²) in [6.45, 7) is 9.00. The first-order valence-corrected chi connectivity index (χ1v) is 7.63. The molecule has 1 aliphatic heterocycles.